The lowest BCUT2D eigenvalue weighted by molar-refractivity contribution is 0.413. The maximum atomic E-state index is 5.62. The van der Waals surface area contributed by atoms with Crippen LogP contribution >= 0.6 is 0 Å². The number of rotatable bonds is 4. The van der Waals surface area contributed by atoms with Crippen LogP contribution in [0.2, 0.25) is 0 Å². The molecule has 84 valence electrons. The zero-order valence-electron chi connectivity index (χ0n) is 9.38. The van der Waals surface area contributed by atoms with Crippen molar-refractivity contribution in [1.82, 2.24) is 9.78 Å². The smallest absolute Gasteiger partial charge is 0.165 e. The fraction of sp³-hybridized carbons (Fsp3) is 0.250. The standard InChI is InChI=1S/C12H14N2O2/c1-3-14-9-12(8-13-14)16-11-6-4-10(15-2)5-7-11/h4-9H,3H2,1-2H3. The van der Waals surface area contributed by atoms with E-state index in [1.54, 1.807) is 13.3 Å². The minimum absolute atomic E-state index is 0.743. The Morgan fingerprint density at radius 2 is 1.81 bits per heavy atom. The van der Waals surface area contributed by atoms with Gasteiger partial charge in [-0.25, -0.2) is 0 Å². The number of aryl methyl sites for hydroxylation is 1. The zero-order chi connectivity index (χ0) is 11.4. The Morgan fingerprint density at radius 1 is 1.12 bits per heavy atom. The first kappa shape index (κ1) is 10.5. The van der Waals surface area contributed by atoms with Crippen molar-refractivity contribution in [2.24, 2.45) is 0 Å². The van der Waals surface area contributed by atoms with Gasteiger partial charge < -0.3 is 9.47 Å². The summed E-state index contributed by atoms with van der Waals surface area (Å²) in [6, 6.07) is 7.45. The summed E-state index contributed by atoms with van der Waals surface area (Å²) in [6.07, 6.45) is 3.57. The van der Waals surface area contributed by atoms with Crippen molar-refractivity contribution in [3.05, 3.63) is 36.7 Å². The fourth-order valence-electron chi connectivity index (χ4n) is 1.35. The molecule has 0 amide bonds. The normalized spacial score (nSPS) is 10.1. The third kappa shape index (κ3) is 2.34. The lowest BCUT2D eigenvalue weighted by atomic mass is 10.3. The summed E-state index contributed by atoms with van der Waals surface area (Å²) in [4.78, 5) is 0. The Bertz CT molecular complexity index is 448. The van der Waals surface area contributed by atoms with E-state index in [4.69, 9.17) is 9.47 Å². The van der Waals surface area contributed by atoms with Crippen LogP contribution in [-0.4, -0.2) is 16.9 Å². The van der Waals surface area contributed by atoms with E-state index in [1.807, 2.05) is 42.1 Å². The third-order valence-corrected chi connectivity index (χ3v) is 2.23. The summed E-state index contributed by atoms with van der Waals surface area (Å²) in [5.41, 5.74) is 0. The van der Waals surface area contributed by atoms with E-state index < -0.39 is 0 Å². The van der Waals surface area contributed by atoms with E-state index in [9.17, 15) is 0 Å². The molecule has 0 saturated heterocycles. The highest BCUT2D eigenvalue weighted by molar-refractivity contribution is 5.33. The molecule has 4 heteroatoms. The van der Waals surface area contributed by atoms with Crippen LogP contribution in [0.15, 0.2) is 36.7 Å². The first-order valence-electron chi connectivity index (χ1n) is 5.16. The highest BCUT2D eigenvalue weighted by Crippen LogP contribution is 2.22. The number of ether oxygens (including phenoxy) is 2. The Kier molecular flexibility index (Phi) is 3.10. The second-order valence-electron chi connectivity index (χ2n) is 3.31. The molecule has 0 aliphatic rings. The summed E-state index contributed by atoms with van der Waals surface area (Å²) in [5, 5.41) is 4.13. The number of hydrogen-bond acceptors (Lipinski definition) is 3. The van der Waals surface area contributed by atoms with Crippen molar-refractivity contribution >= 4 is 0 Å². The summed E-state index contributed by atoms with van der Waals surface area (Å²) in [6.45, 7) is 2.87. The lowest BCUT2D eigenvalue weighted by Crippen LogP contribution is -1.92. The molecule has 0 atom stereocenters. The van der Waals surface area contributed by atoms with Crippen molar-refractivity contribution in [2.75, 3.05) is 7.11 Å². The summed E-state index contributed by atoms with van der Waals surface area (Å²) in [5.74, 6) is 2.33. The van der Waals surface area contributed by atoms with Crippen LogP contribution in [0.1, 0.15) is 6.92 Å². The van der Waals surface area contributed by atoms with Crippen LogP contribution in [0, 0.1) is 0 Å². The predicted octanol–water partition coefficient (Wildman–Crippen LogP) is 2.70. The van der Waals surface area contributed by atoms with Crippen LogP contribution < -0.4 is 9.47 Å². The molecule has 4 nitrogen and oxygen atoms in total. The van der Waals surface area contributed by atoms with Gasteiger partial charge >= 0.3 is 0 Å². The summed E-state index contributed by atoms with van der Waals surface area (Å²) < 4.78 is 12.5. The first-order chi connectivity index (χ1) is 7.81. The summed E-state index contributed by atoms with van der Waals surface area (Å²) in [7, 11) is 1.64. The molecule has 0 saturated carbocycles. The van der Waals surface area contributed by atoms with Crippen molar-refractivity contribution in [2.45, 2.75) is 13.5 Å². The van der Waals surface area contributed by atoms with E-state index in [2.05, 4.69) is 5.10 Å². The van der Waals surface area contributed by atoms with Gasteiger partial charge in [0, 0.05) is 6.54 Å². The van der Waals surface area contributed by atoms with E-state index in [-0.39, 0.29) is 0 Å². The number of benzene rings is 1. The minimum atomic E-state index is 0.743. The van der Waals surface area contributed by atoms with Crippen LogP contribution in [0.25, 0.3) is 0 Å². The quantitative estimate of drug-likeness (QED) is 0.791. The second-order valence-corrected chi connectivity index (χ2v) is 3.31. The van der Waals surface area contributed by atoms with Crippen LogP contribution in [-0.2, 0) is 6.54 Å². The molecule has 16 heavy (non-hydrogen) atoms. The molecule has 0 N–H and O–H groups in total. The zero-order valence-corrected chi connectivity index (χ0v) is 9.38. The molecule has 1 aromatic heterocycles. The van der Waals surface area contributed by atoms with Gasteiger partial charge in [-0.05, 0) is 31.2 Å². The Labute approximate surface area is 94.4 Å². The average molecular weight is 218 g/mol. The SMILES string of the molecule is CCn1cc(Oc2ccc(OC)cc2)cn1. The van der Waals surface area contributed by atoms with Gasteiger partial charge in [0.25, 0.3) is 0 Å². The van der Waals surface area contributed by atoms with Gasteiger partial charge in [-0.2, -0.15) is 5.10 Å². The molecule has 0 unspecified atom stereocenters. The molecule has 1 aromatic carbocycles. The molecule has 1 heterocycles. The molecule has 2 aromatic rings. The number of hydrogen-bond donors (Lipinski definition) is 0. The van der Waals surface area contributed by atoms with Crippen molar-refractivity contribution < 1.29 is 9.47 Å². The number of nitrogens with zero attached hydrogens (tertiary/aromatic N) is 2. The topological polar surface area (TPSA) is 36.3 Å². The molecule has 0 radical (unpaired) electrons. The summed E-state index contributed by atoms with van der Waals surface area (Å²) >= 11 is 0. The molecule has 2 rings (SSSR count). The van der Waals surface area contributed by atoms with Gasteiger partial charge in [0.2, 0.25) is 0 Å². The van der Waals surface area contributed by atoms with Crippen molar-refractivity contribution in [3.63, 3.8) is 0 Å². The maximum absolute atomic E-state index is 5.62. The van der Waals surface area contributed by atoms with Gasteiger partial charge in [0.1, 0.15) is 11.5 Å². The van der Waals surface area contributed by atoms with E-state index >= 15 is 0 Å². The maximum Gasteiger partial charge on any atom is 0.165 e. The van der Waals surface area contributed by atoms with Crippen molar-refractivity contribution in [1.29, 1.82) is 0 Å². The van der Waals surface area contributed by atoms with Gasteiger partial charge in [-0.3, -0.25) is 4.68 Å². The third-order valence-electron chi connectivity index (χ3n) is 2.23. The minimum Gasteiger partial charge on any atom is -0.497 e. The highest BCUT2D eigenvalue weighted by atomic mass is 16.5. The number of aromatic nitrogens is 2. The molecular weight excluding hydrogens is 204 g/mol. The number of methoxy groups -OCH3 is 1. The molecule has 0 aliphatic heterocycles. The second kappa shape index (κ2) is 4.70. The fourth-order valence-corrected chi connectivity index (χ4v) is 1.35. The average Bonchev–Trinajstić information content (AvgIpc) is 2.78. The molecule has 0 fully saturated rings. The van der Waals surface area contributed by atoms with Gasteiger partial charge in [0.05, 0.1) is 19.5 Å². The van der Waals surface area contributed by atoms with Crippen LogP contribution in [0.5, 0.6) is 17.2 Å². The molecule has 0 spiro atoms. The van der Waals surface area contributed by atoms with Crippen LogP contribution in [0.3, 0.4) is 0 Å². The Balaban J connectivity index is 2.08. The van der Waals surface area contributed by atoms with E-state index in [0.29, 0.717) is 0 Å². The van der Waals surface area contributed by atoms with Crippen LogP contribution in [0.4, 0.5) is 0 Å². The van der Waals surface area contributed by atoms with Gasteiger partial charge in [0.15, 0.2) is 5.75 Å². The molecular formula is C12H14N2O2. The van der Waals surface area contributed by atoms with E-state index in [0.717, 1.165) is 23.8 Å². The monoisotopic (exact) mass is 218 g/mol. The predicted molar refractivity (Wildman–Crippen MR) is 61.0 cm³/mol. The lowest BCUT2D eigenvalue weighted by Gasteiger charge is -2.03. The molecule has 0 aliphatic carbocycles. The van der Waals surface area contributed by atoms with Gasteiger partial charge in [-0.1, -0.05) is 0 Å². The molecule has 0 bridgehead atoms. The Hall–Kier alpha value is -1.97. The largest absolute Gasteiger partial charge is 0.497 e. The Morgan fingerprint density at radius 3 is 2.38 bits per heavy atom. The van der Waals surface area contributed by atoms with Crippen molar-refractivity contribution in [3.8, 4) is 17.2 Å². The van der Waals surface area contributed by atoms with E-state index in [1.165, 1.54) is 0 Å². The highest BCUT2D eigenvalue weighted by Gasteiger charge is 2.00. The van der Waals surface area contributed by atoms with Gasteiger partial charge in [-0.15, -0.1) is 0 Å². The first-order valence-corrected chi connectivity index (χ1v) is 5.16.